The topological polar surface area (TPSA) is 21.3 Å². The number of nitrogens with one attached hydrogen (secondary N) is 1. The first-order chi connectivity index (χ1) is 12.8. The van der Waals surface area contributed by atoms with Crippen LogP contribution in [0, 0.1) is 12.7 Å². The number of hydrogen-bond donors (Lipinski definition) is 1. The second-order valence-corrected chi connectivity index (χ2v) is 6.10. The van der Waals surface area contributed by atoms with Gasteiger partial charge in [-0.05, 0) is 55.0 Å². The van der Waals surface area contributed by atoms with E-state index in [4.69, 9.17) is 4.74 Å². The molecule has 0 bridgehead atoms. The van der Waals surface area contributed by atoms with Gasteiger partial charge in [0.05, 0.1) is 5.56 Å². The summed E-state index contributed by atoms with van der Waals surface area (Å²) in [5, 5.41) is 2.93. The Morgan fingerprint density at radius 3 is 2.30 bits per heavy atom. The third-order valence-corrected chi connectivity index (χ3v) is 3.92. The van der Waals surface area contributed by atoms with Gasteiger partial charge in [0.2, 0.25) is 0 Å². The molecule has 0 saturated carbocycles. The third-order valence-electron chi connectivity index (χ3n) is 3.92. The number of alkyl halides is 3. The largest absolute Gasteiger partial charge is 0.457 e. The lowest BCUT2D eigenvalue weighted by Gasteiger charge is -2.12. The molecule has 0 radical (unpaired) electrons. The van der Waals surface area contributed by atoms with Gasteiger partial charge in [-0.25, -0.2) is 4.39 Å². The van der Waals surface area contributed by atoms with E-state index in [9.17, 15) is 17.6 Å². The van der Waals surface area contributed by atoms with Crippen LogP contribution < -0.4 is 10.1 Å². The summed E-state index contributed by atoms with van der Waals surface area (Å²) in [4.78, 5) is 0. The Morgan fingerprint density at radius 2 is 1.59 bits per heavy atom. The molecule has 3 aromatic rings. The molecule has 0 aliphatic heterocycles. The van der Waals surface area contributed by atoms with Crippen LogP contribution >= 0.6 is 0 Å². The standard InChI is InChI=1S/C21H17F4NO/c1-14-4-2-6-18(10-14)27-19-7-3-5-17(12-19)26-13-15-11-16(21(23,24)25)8-9-20(15)22/h2-12,26H,13H2,1H3. The number of anilines is 1. The average molecular weight is 375 g/mol. The molecule has 0 atom stereocenters. The number of halogens is 4. The Bertz CT molecular complexity index is 937. The van der Waals surface area contributed by atoms with E-state index in [0.717, 1.165) is 23.8 Å². The van der Waals surface area contributed by atoms with Gasteiger partial charge in [0.15, 0.2) is 0 Å². The molecule has 0 amide bonds. The summed E-state index contributed by atoms with van der Waals surface area (Å²) in [6, 6.07) is 16.9. The molecule has 27 heavy (non-hydrogen) atoms. The summed E-state index contributed by atoms with van der Waals surface area (Å²) >= 11 is 0. The van der Waals surface area contributed by atoms with E-state index in [1.54, 1.807) is 24.3 Å². The van der Waals surface area contributed by atoms with E-state index in [-0.39, 0.29) is 12.1 Å². The highest BCUT2D eigenvalue weighted by atomic mass is 19.4. The molecule has 0 aliphatic carbocycles. The fourth-order valence-electron chi connectivity index (χ4n) is 2.57. The number of hydrogen-bond acceptors (Lipinski definition) is 2. The van der Waals surface area contributed by atoms with Gasteiger partial charge in [-0.3, -0.25) is 0 Å². The minimum Gasteiger partial charge on any atom is -0.457 e. The number of benzene rings is 3. The molecule has 0 fully saturated rings. The van der Waals surface area contributed by atoms with E-state index in [1.807, 2.05) is 31.2 Å². The van der Waals surface area contributed by atoms with E-state index >= 15 is 0 Å². The molecule has 0 aliphatic rings. The predicted molar refractivity (Wildman–Crippen MR) is 96.4 cm³/mol. The maximum Gasteiger partial charge on any atom is 0.416 e. The third kappa shape index (κ3) is 5.00. The SMILES string of the molecule is Cc1cccc(Oc2cccc(NCc3cc(C(F)(F)F)ccc3F)c2)c1. The van der Waals surface area contributed by atoms with Crippen molar-refractivity contribution in [3.8, 4) is 11.5 Å². The van der Waals surface area contributed by atoms with Crippen LogP contribution in [0.2, 0.25) is 0 Å². The van der Waals surface area contributed by atoms with E-state index in [1.165, 1.54) is 0 Å². The van der Waals surface area contributed by atoms with Gasteiger partial charge in [-0.15, -0.1) is 0 Å². The van der Waals surface area contributed by atoms with E-state index < -0.39 is 17.6 Å². The molecule has 1 N–H and O–H groups in total. The van der Waals surface area contributed by atoms with Crippen LogP contribution in [-0.2, 0) is 12.7 Å². The number of aryl methyl sites for hydroxylation is 1. The second kappa shape index (κ2) is 7.70. The molecule has 3 rings (SSSR count). The molecule has 140 valence electrons. The summed E-state index contributed by atoms with van der Waals surface area (Å²) in [6.07, 6.45) is -4.51. The molecular weight excluding hydrogens is 358 g/mol. The summed E-state index contributed by atoms with van der Waals surface area (Å²) in [6.45, 7) is 1.87. The van der Waals surface area contributed by atoms with Crippen molar-refractivity contribution in [1.29, 1.82) is 0 Å². The Balaban J connectivity index is 1.72. The van der Waals surface area contributed by atoms with Crippen LogP contribution in [0.15, 0.2) is 66.7 Å². The summed E-state index contributed by atoms with van der Waals surface area (Å²) in [5.41, 5.74) is 0.728. The summed E-state index contributed by atoms with van der Waals surface area (Å²) in [5.74, 6) is 0.550. The predicted octanol–water partition coefficient (Wildman–Crippen LogP) is 6.56. The van der Waals surface area contributed by atoms with Crippen LogP contribution in [0.4, 0.5) is 23.2 Å². The zero-order valence-electron chi connectivity index (χ0n) is 14.5. The fraction of sp³-hybridized carbons (Fsp3) is 0.143. The van der Waals surface area contributed by atoms with Crippen LogP contribution in [-0.4, -0.2) is 0 Å². The molecule has 0 spiro atoms. The molecule has 3 aromatic carbocycles. The van der Waals surface area contributed by atoms with Gasteiger partial charge in [0.1, 0.15) is 17.3 Å². The minimum absolute atomic E-state index is 0.0603. The van der Waals surface area contributed by atoms with Crippen molar-refractivity contribution in [3.05, 3.63) is 89.2 Å². The molecule has 0 saturated heterocycles. The first-order valence-corrected chi connectivity index (χ1v) is 8.25. The van der Waals surface area contributed by atoms with Crippen molar-refractivity contribution in [1.82, 2.24) is 0 Å². The lowest BCUT2D eigenvalue weighted by atomic mass is 10.1. The van der Waals surface area contributed by atoms with Crippen molar-refractivity contribution < 1.29 is 22.3 Å². The smallest absolute Gasteiger partial charge is 0.416 e. The maximum absolute atomic E-state index is 13.8. The van der Waals surface area contributed by atoms with Gasteiger partial charge >= 0.3 is 6.18 Å². The Labute approximate surface area is 154 Å². The highest BCUT2D eigenvalue weighted by Crippen LogP contribution is 2.31. The second-order valence-electron chi connectivity index (χ2n) is 6.10. The average Bonchev–Trinajstić information content (AvgIpc) is 2.60. The van der Waals surface area contributed by atoms with Gasteiger partial charge < -0.3 is 10.1 Å². The van der Waals surface area contributed by atoms with Crippen molar-refractivity contribution in [2.75, 3.05) is 5.32 Å². The first kappa shape index (κ1) is 18.8. The van der Waals surface area contributed by atoms with Crippen molar-refractivity contribution in [2.45, 2.75) is 19.6 Å². The molecule has 2 nitrogen and oxygen atoms in total. The van der Waals surface area contributed by atoms with Crippen LogP contribution in [0.25, 0.3) is 0 Å². The molecule has 0 unspecified atom stereocenters. The van der Waals surface area contributed by atoms with Crippen molar-refractivity contribution >= 4 is 5.69 Å². The monoisotopic (exact) mass is 375 g/mol. The molecule has 0 aromatic heterocycles. The van der Waals surface area contributed by atoms with Crippen LogP contribution in [0.5, 0.6) is 11.5 Å². The van der Waals surface area contributed by atoms with E-state index in [0.29, 0.717) is 17.2 Å². The first-order valence-electron chi connectivity index (χ1n) is 8.25. The number of ether oxygens (including phenoxy) is 1. The Kier molecular flexibility index (Phi) is 5.35. The zero-order valence-corrected chi connectivity index (χ0v) is 14.5. The fourth-order valence-corrected chi connectivity index (χ4v) is 2.57. The van der Waals surface area contributed by atoms with Gasteiger partial charge in [-0.2, -0.15) is 13.2 Å². The quantitative estimate of drug-likeness (QED) is 0.510. The summed E-state index contributed by atoms with van der Waals surface area (Å²) < 4.78 is 58.0. The van der Waals surface area contributed by atoms with Crippen molar-refractivity contribution in [2.24, 2.45) is 0 Å². The van der Waals surface area contributed by atoms with Gasteiger partial charge in [0.25, 0.3) is 0 Å². The molecular formula is C21H17F4NO. The van der Waals surface area contributed by atoms with Gasteiger partial charge in [0, 0.05) is 23.9 Å². The van der Waals surface area contributed by atoms with E-state index in [2.05, 4.69) is 5.32 Å². The Hall–Kier alpha value is -3.02. The Morgan fingerprint density at radius 1 is 0.889 bits per heavy atom. The highest BCUT2D eigenvalue weighted by Gasteiger charge is 2.31. The molecule has 6 heteroatoms. The number of rotatable bonds is 5. The van der Waals surface area contributed by atoms with Crippen molar-refractivity contribution in [3.63, 3.8) is 0 Å². The zero-order chi connectivity index (χ0) is 19.4. The minimum atomic E-state index is -4.51. The lowest BCUT2D eigenvalue weighted by Crippen LogP contribution is -2.08. The molecule has 0 heterocycles. The highest BCUT2D eigenvalue weighted by molar-refractivity contribution is 5.50. The normalized spacial score (nSPS) is 11.3. The van der Waals surface area contributed by atoms with Crippen LogP contribution in [0.1, 0.15) is 16.7 Å². The van der Waals surface area contributed by atoms with Crippen LogP contribution in [0.3, 0.4) is 0 Å². The summed E-state index contributed by atoms with van der Waals surface area (Å²) in [7, 11) is 0. The lowest BCUT2D eigenvalue weighted by molar-refractivity contribution is -0.137. The maximum atomic E-state index is 13.8. The van der Waals surface area contributed by atoms with Gasteiger partial charge in [-0.1, -0.05) is 18.2 Å².